The van der Waals surface area contributed by atoms with Crippen molar-refractivity contribution in [1.29, 1.82) is 0 Å². The van der Waals surface area contributed by atoms with Crippen molar-refractivity contribution in [3.05, 3.63) is 78.4 Å². The molecule has 2 aromatic carbocycles. The van der Waals surface area contributed by atoms with Gasteiger partial charge in [-0.1, -0.05) is 48.5 Å². The molecule has 1 fully saturated rings. The highest BCUT2D eigenvalue weighted by Gasteiger charge is 2.53. The van der Waals surface area contributed by atoms with Crippen LogP contribution >= 0.6 is 0 Å². The third kappa shape index (κ3) is 2.87. The first-order valence-corrected chi connectivity index (χ1v) is 7.56. The molecule has 1 heteroatoms. The first-order valence-electron chi connectivity index (χ1n) is 7.56. The zero-order valence-electron chi connectivity index (χ0n) is 12.6. The molecule has 1 saturated carbocycles. The van der Waals surface area contributed by atoms with Crippen LogP contribution < -0.4 is 4.74 Å². The monoisotopic (exact) mass is 278 g/mol. The maximum absolute atomic E-state index is 5.24. The van der Waals surface area contributed by atoms with E-state index in [9.17, 15) is 0 Å². The maximum Gasteiger partial charge on any atom is 0.118 e. The molecular formula is C20H22O. The van der Waals surface area contributed by atoms with Crippen LogP contribution in [0.5, 0.6) is 5.75 Å². The predicted octanol–water partition coefficient (Wildman–Crippen LogP) is 4.99. The molecule has 1 nitrogen and oxygen atoms in total. The van der Waals surface area contributed by atoms with Crippen molar-refractivity contribution in [2.45, 2.75) is 25.2 Å². The van der Waals surface area contributed by atoms with E-state index in [1.165, 1.54) is 17.5 Å². The third-order valence-corrected chi connectivity index (χ3v) is 4.66. The van der Waals surface area contributed by atoms with Crippen molar-refractivity contribution >= 4 is 0 Å². The van der Waals surface area contributed by atoms with Crippen LogP contribution in [-0.2, 0) is 6.42 Å². The summed E-state index contributed by atoms with van der Waals surface area (Å²) in [5, 5.41) is 0. The Labute approximate surface area is 127 Å². The number of hydrogen-bond donors (Lipinski definition) is 0. The standard InChI is InChI=1S/C20H22O/c1-3-13-20(14-16-9-11-18(21-2)12-10-16)15-19(20)17-7-5-4-6-8-17/h3-12,19H,1,13-15H2,2H3/t19-,20+/m0/s1. The Hall–Kier alpha value is -2.02. The van der Waals surface area contributed by atoms with Crippen molar-refractivity contribution in [3.63, 3.8) is 0 Å². The lowest BCUT2D eigenvalue weighted by atomic mass is 9.88. The van der Waals surface area contributed by atoms with Gasteiger partial charge in [-0.25, -0.2) is 0 Å². The van der Waals surface area contributed by atoms with E-state index in [4.69, 9.17) is 4.74 Å². The predicted molar refractivity (Wildman–Crippen MR) is 87.7 cm³/mol. The number of ether oxygens (including phenoxy) is 1. The van der Waals surface area contributed by atoms with Gasteiger partial charge in [-0.3, -0.25) is 0 Å². The van der Waals surface area contributed by atoms with Crippen LogP contribution in [0.15, 0.2) is 67.3 Å². The average Bonchev–Trinajstić information content (AvgIpc) is 3.23. The van der Waals surface area contributed by atoms with Gasteiger partial charge in [0.25, 0.3) is 0 Å². The lowest BCUT2D eigenvalue weighted by Crippen LogP contribution is -2.07. The highest BCUT2D eigenvalue weighted by atomic mass is 16.5. The van der Waals surface area contributed by atoms with Gasteiger partial charge in [0.1, 0.15) is 5.75 Å². The highest BCUT2D eigenvalue weighted by molar-refractivity contribution is 5.34. The minimum atomic E-state index is 0.359. The number of hydrogen-bond acceptors (Lipinski definition) is 1. The summed E-state index contributed by atoms with van der Waals surface area (Å²) in [4.78, 5) is 0. The van der Waals surface area contributed by atoms with Crippen molar-refractivity contribution in [2.24, 2.45) is 5.41 Å². The summed E-state index contributed by atoms with van der Waals surface area (Å²) in [6.45, 7) is 3.96. The number of allylic oxidation sites excluding steroid dienone is 1. The molecule has 2 atom stereocenters. The summed E-state index contributed by atoms with van der Waals surface area (Å²) in [7, 11) is 1.71. The molecule has 1 aliphatic carbocycles. The van der Waals surface area contributed by atoms with Crippen LogP contribution in [0.2, 0.25) is 0 Å². The molecule has 108 valence electrons. The molecule has 0 amide bonds. The van der Waals surface area contributed by atoms with Gasteiger partial charge in [0.15, 0.2) is 0 Å². The second-order valence-corrected chi connectivity index (χ2v) is 6.05. The molecular weight excluding hydrogens is 256 g/mol. The Morgan fingerprint density at radius 2 is 1.86 bits per heavy atom. The second-order valence-electron chi connectivity index (χ2n) is 6.05. The van der Waals surface area contributed by atoms with E-state index in [0.717, 1.165) is 18.6 Å². The maximum atomic E-state index is 5.24. The average molecular weight is 278 g/mol. The minimum Gasteiger partial charge on any atom is -0.497 e. The SMILES string of the molecule is C=CC[C@@]1(Cc2ccc(OC)cc2)C[C@H]1c1ccccc1. The van der Waals surface area contributed by atoms with Crippen LogP contribution in [0, 0.1) is 5.41 Å². The first kappa shape index (κ1) is 13.9. The minimum absolute atomic E-state index is 0.359. The molecule has 21 heavy (non-hydrogen) atoms. The van der Waals surface area contributed by atoms with Crippen LogP contribution in [0.1, 0.15) is 29.9 Å². The Kier molecular flexibility index (Phi) is 3.83. The summed E-state index contributed by atoms with van der Waals surface area (Å²) in [5.41, 5.74) is 3.21. The fourth-order valence-corrected chi connectivity index (χ4v) is 3.43. The van der Waals surface area contributed by atoms with E-state index in [-0.39, 0.29) is 0 Å². The van der Waals surface area contributed by atoms with E-state index < -0.39 is 0 Å². The van der Waals surface area contributed by atoms with Crippen molar-refractivity contribution in [1.82, 2.24) is 0 Å². The van der Waals surface area contributed by atoms with Gasteiger partial charge in [-0.15, -0.1) is 6.58 Å². The molecule has 0 N–H and O–H groups in total. The van der Waals surface area contributed by atoms with E-state index in [1.54, 1.807) is 7.11 Å². The largest absolute Gasteiger partial charge is 0.497 e. The number of rotatable bonds is 6. The third-order valence-electron chi connectivity index (χ3n) is 4.66. The van der Waals surface area contributed by atoms with Gasteiger partial charge in [0, 0.05) is 0 Å². The van der Waals surface area contributed by atoms with Gasteiger partial charge >= 0.3 is 0 Å². The van der Waals surface area contributed by atoms with Crippen LogP contribution in [0.4, 0.5) is 0 Å². The highest BCUT2D eigenvalue weighted by Crippen LogP contribution is 2.63. The van der Waals surface area contributed by atoms with Gasteiger partial charge in [-0.2, -0.15) is 0 Å². The molecule has 0 bridgehead atoms. The molecule has 0 aromatic heterocycles. The Bertz CT molecular complexity index is 599. The lowest BCUT2D eigenvalue weighted by Gasteiger charge is -2.16. The van der Waals surface area contributed by atoms with E-state index in [1.807, 2.05) is 0 Å². The first-order chi connectivity index (χ1) is 10.3. The fourth-order valence-electron chi connectivity index (χ4n) is 3.43. The van der Waals surface area contributed by atoms with Crippen molar-refractivity contribution in [2.75, 3.05) is 7.11 Å². The molecule has 0 unspecified atom stereocenters. The Balaban J connectivity index is 1.78. The van der Waals surface area contributed by atoms with Crippen LogP contribution in [-0.4, -0.2) is 7.11 Å². The van der Waals surface area contributed by atoms with Crippen LogP contribution in [0.25, 0.3) is 0 Å². The van der Waals surface area contributed by atoms with E-state index >= 15 is 0 Å². The summed E-state index contributed by atoms with van der Waals surface area (Å²) in [6.07, 6.45) is 5.53. The van der Waals surface area contributed by atoms with Crippen LogP contribution in [0.3, 0.4) is 0 Å². The second kappa shape index (κ2) is 5.77. The molecule has 0 heterocycles. The number of benzene rings is 2. The molecule has 0 aliphatic heterocycles. The van der Waals surface area contributed by atoms with Crippen molar-refractivity contribution in [3.8, 4) is 5.75 Å². The Morgan fingerprint density at radius 1 is 1.14 bits per heavy atom. The van der Waals surface area contributed by atoms with Gasteiger partial charge in [0.05, 0.1) is 7.11 Å². The zero-order chi connectivity index (χ0) is 14.7. The summed E-state index contributed by atoms with van der Waals surface area (Å²) < 4.78 is 5.24. The van der Waals surface area contributed by atoms with Gasteiger partial charge in [-0.05, 0) is 53.9 Å². The van der Waals surface area contributed by atoms with E-state index in [2.05, 4.69) is 67.3 Å². The topological polar surface area (TPSA) is 9.23 Å². The summed E-state index contributed by atoms with van der Waals surface area (Å²) in [6, 6.07) is 19.3. The normalized spacial score (nSPS) is 23.6. The van der Waals surface area contributed by atoms with Gasteiger partial charge in [0.2, 0.25) is 0 Å². The van der Waals surface area contributed by atoms with E-state index in [0.29, 0.717) is 11.3 Å². The molecule has 0 spiro atoms. The molecule has 1 aliphatic rings. The summed E-state index contributed by atoms with van der Waals surface area (Å²) in [5.74, 6) is 1.59. The van der Waals surface area contributed by atoms with Gasteiger partial charge < -0.3 is 4.74 Å². The quantitative estimate of drug-likeness (QED) is 0.677. The smallest absolute Gasteiger partial charge is 0.118 e. The fraction of sp³-hybridized carbons (Fsp3) is 0.300. The zero-order valence-corrected chi connectivity index (χ0v) is 12.6. The lowest BCUT2D eigenvalue weighted by molar-refractivity contribution is 0.414. The molecule has 2 aromatic rings. The summed E-state index contributed by atoms with van der Waals surface area (Å²) >= 11 is 0. The Morgan fingerprint density at radius 3 is 2.48 bits per heavy atom. The number of methoxy groups -OCH3 is 1. The molecule has 3 rings (SSSR count). The van der Waals surface area contributed by atoms with Crippen molar-refractivity contribution < 1.29 is 4.74 Å². The molecule has 0 saturated heterocycles. The molecule has 0 radical (unpaired) electrons.